The van der Waals surface area contributed by atoms with Crippen molar-refractivity contribution in [1.82, 2.24) is 0 Å². The minimum absolute atomic E-state index is 0.0444. The molecule has 0 saturated carbocycles. The monoisotopic (exact) mass is 448 g/mol. The molecule has 1 aliphatic heterocycles. The molecule has 0 bridgehead atoms. The van der Waals surface area contributed by atoms with Crippen molar-refractivity contribution < 1.29 is 14.5 Å². The molecule has 154 valence electrons. The van der Waals surface area contributed by atoms with Gasteiger partial charge in [-0.25, -0.2) is 0 Å². The van der Waals surface area contributed by atoms with Gasteiger partial charge in [0.1, 0.15) is 12.4 Å². The average molecular weight is 449 g/mol. The van der Waals surface area contributed by atoms with Gasteiger partial charge in [0.25, 0.3) is 11.6 Å². The molecule has 1 aliphatic rings. The molecule has 0 radical (unpaired) electrons. The second-order valence-electron chi connectivity index (χ2n) is 6.64. The highest BCUT2D eigenvalue weighted by molar-refractivity contribution is 8.27. The normalized spacial score (nSPS) is 14.8. The molecule has 8 heteroatoms. The number of rotatable bonds is 6. The van der Waals surface area contributed by atoms with E-state index in [1.54, 1.807) is 6.08 Å². The third-order valence-electron chi connectivity index (χ3n) is 4.52. The number of hydrogen-bond acceptors (Lipinski definition) is 6. The predicted octanol–water partition coefficient (Wildman–Crippen LogP) is 5.58. The Bertz CT molecular complexity index is 1180. The SMILES string of the molecule is O=C1/C(=C/c2cccc(OCc3ccccc3)c2)SC(=S)N1c1ccc([N+](=O)[O-])cc1. The number of non-ortho nitro benzene ring substituents is 1. The fourth-order valence-corrected chi connectivity index (χ4v) is 4.30. The number of carbonyl (C=O) groups is 1. The number of carbonyl (C=O) groups excluding carboxylic acids is 1. The van der Waals surface area contributed by atoms with Gasteiger partial charge in [-0.3, -0.25) is 19.8 Å². The van der Waals surface area contributed by atoms with Gasteiger partial charge >= 0.3 is 0 Å². The first kappa shape index (κ1) is 20.8. The van der Waals surface area contributed by atoms with Gasteiger partial charge in [0.05, 0.1) is 15.5 Å². The number of hydrogen-bond donors (Lipinski definition) is 0. The van der Waals surface area contributed by atoms with Gasteiger partial charge in [-0.2, -0.15) is 0 Å². The zero-order valence-corrected chi connectivity index (χ0v) is 17.8. The minimum Gasteiger partial charge on any atom is -0.489 e. The van der Waals surface area contributed by atoms with Crippen LogP contribution in [-0.2, 0) is 11.4 Å². The van der Waals surface area contributed by atoms with Gasteiger partial charge in [0.2, 0.25) is 0 Å². The summed E-state index contributed by atoms with van der Waals surface area (Å²) in [6.45, 7) is 0.451. The van der Waals surface area contributed by atoms with Crippen LogP contribution in [-0.4, -0.2) is 15.2 Å². The number of thiocarbonyl (C=S) groups is 1. The Morgan fingerprint density at radius 3 is 2.48 bits per heavy atom. The van der Waals surface area contributed by atoms with Crippen molar-refractivity contribution >= 4 is 51.7 Å². The van der Waals surface area contributed by atoms with Crippen LogP contribution in [0.4, 0.5) is 11.4 Å². The first-order valence-corrected chi connectivity index (χ1v) is 10.5. The lowest BCUT2D eigenvalue weighted by atomic mass is 10.2. The maximum absolute atomic E-state index is 12.9. The van der Waals surface area contributed by atoms with Gasteiger partial charge in [-0.1, -0.05) is 66.4 Å². The molecule has 0 N–H and O–H groups in total. The third-order valence-corrected chi connectivity index (χ3v) is 5.82. The highest BCUT2D eigenvalue weighted by atomic mass is 32.2. The molecule has 31 heavy (non-hydrogen) atoms. The quantitative estimate of drug-likeness (QED) is 0.212. The second-order valence-corrected chi connectivity index (χ2v) is 8.31. The molecule has 0 aromatic heterocycles. The fourth-order valence-electron chi connectivity index (χ4n) is 3.00. The maximum Gasteiger partial charge on any atom is 0.270 e. The number of amides is 1. The molecule has 1 saturated heterocycles. The minimum atomic E-state index is -0.485. The molecule has 1 amide bonds. The summed E-state index contributed by atoms with van der Waals surface area (Å²) in [5.74, 6) is 0.433. The number of nitro groups is 1. The molecule has 3 aromatic rings. The Balaban J connectivity index is 1.50. The van der Waals surface area contributed by atoms with Crippen LogP contribution in [0.2, 0.25) is 0 Å². The van der Waals surface area contributed by atoms with Crippen LogP contribution in [0.3, 0.4) is 0 Å². The van der Waals surface area contributed by atoms with Crippen molar-refractivity contribution in [1.29, 1.82) is 0 Å². The highest BCUT2D eigenvalue weighted by Gasteiger charge is 2.33. The van der Waals surface area contributed by atoms with Crippen molar-refractivity contribution in [3.63, 3.8) is 0 Å². The topological polar surface area (TPSA) is 72.7 Å². The smallest absolute Gasteiger partial charge is 0.270 e. The number of benzene rings is 3. The van der Waals surface area contributed by atoms with E-state index in [1.165, 1.54) is 40.9 Å². The van der Waals surface area contributed by atoms with E-state index in [0.29, 0.717) is 27.3 Å². The summed E-state index contributed by atoms with van der Waals surface area (Å²) in [4.78, 5) is 25.1. The predicted molar refractivity (Wildman–Crippen MR) is 126 cm³/mol. The van der Waals surface area contributed by atoms with Crippen LogP contribution in [0.5, 0.6) is 5.75 Å². The van der Waals surface area contributed by atoms with Crippen LogP contribution in [0.15, 0.2) is 83.8 Å². The highest BCUT2D eigenvalue weighted by Crippen LogP contribution is 2.36. The molecule has 4 rings (SSSR count). The van der Waals surface area contributed by atoms with Gasteiger partial charge in [0.15, 0.2) is 4.32 Å². The summed E-state index contributed by atoms with van der Waals surface area (Å²) in [5.41, 5.74) is 2.33. The summed E-state index contributed by atoms with van der Waals surface area (Å²) >= 11 is 6.56. The Hall–Kier alpha value is -3.49. The Morgan fingerprint density at radius 1 is 1.03 bits per heavy atom. The van der Waals surface area contributed by atoms with E-state index in [-0.39, 0.29) is 11.6 Å². The number of nitro benzene ring substituents is 1. The van der Waals surface area contributed by atoms with E-state index in [2.05, 4.69) is 0 Å². The van der Waals surface area contributed by atoms with Crippen LogP contribution in [0.25, 0.3) is 6.08 Å². The molecule has 3 aromatic carbocycles. The molecule has 0 unspecified atom stereocenters. The van der Waals surface area contributed by atoms with Crippen molar-refractivity contribution in [2.75, 3.05) is 4.90 Å². The van der Waals surface area contributed by atoms with E-state index in [4.69, 9.17) is 17.0 Å². The summed E-state index contributed by atoms with van der Waals surface area (Å²) in [6, 6.07) is 23.1. The van der Waals surface area contributed by atoms with Crippen molar-refractivity contribution in [3.05, 3.63) is 105 Å². The summed E-state index contributed by atoms with van der Waals surface area (Å²) in [5, 5.41) is 10.8. The number of nitrogens with zero attached hydrogens (tertiary/aromatic N) is 2. The molecule has 0 spiro atoms. The summed E-state index contributed by atoms with van der Waals surface area (Å²) in [7, 11) is 0. The standard InChI is InChI=1S/C23H16N2O4S2/c26-22-21(31-23(30)24(22)18-9-11-19(12-10-18)25(27)28)14-17-7-4-8-20(13-17)29-15-16-5-2-1-3-6-16/h1-14H,15H2/b21-14-. The molecular formula is C23H16N2O4S2. The molecule has 0 aliphatic carbocycles. The Kier molecular flexibility index (Phi) is 6.11. The van der Waals surface area contributed by atoms with Gasteiger partial charge in [-0.15, -0.1) is 0 Å². The van der Waals surface area contributed by atoms with E-state index >= 15 is 0 Å². The summed E-state index contributed by atoms with van der Waals surface area (Å²) < 4.78 is 6.23. The van der Waals surface area contributed by atoms with E-state index in [9.17, 15) is 14.9 Å². The molecule has 0 atom stereocenters. The Morgan fingerprint density at radius 2 is 1.77 bits per heavy atom. The first-order chi connectivity index (χ1) is 15.0. The van der Waals surface area contributed by atoms with Gasteiger partial charge in [-0.05, 0) is 41.5 Å². The van der Waals surface area contributed by atoms with Crippen molar-refractivity contribution in [2.24, 2.45) is 0 Å². The van der Waals surface area contributed by atoms with Crippen molar-refractivity contribution in [2.45, 2.75) is 6.61 Å². The first-order valence-electron chi connectivity index (χ1n) is 9.30. The van der Waals surface area contributed by atoms with Gasteiger partial charge in [0, 0.05) is 12.1 Å². The lowest BCUT2D eigenvalue weighted by Gasteiger charge is -2.13. The third kappa shape index (κ3) is 4.82. The van der Waals surface area contributed by atoms with E-state index in [0.717, 1.165) is 11.1 Å². The average Bonchev–Trinajstić information content (AvgIpc) is 3.06. The second kappa shape index (κ2) is 9.11. The molecule has 1 heterocycles. The van der Waals surface area contributed by atoms with Crippen LogP contribution in [0, 0.1) is 10.1 Å². The molecular weight excluding hydrogens is 432 g/mol. The molecule has 6 nitrogen and oxygen atoms in total. The van der Waals surface area contributed by atoms with E-state index < -0.39 is 4.92 Å². The Labute approximate surface area is 188 Å². The zero-order chi connectivity index (χ0) is 21.8. The fraction of sp³-hybridized carbons (Fsp3) is 0.0435. The summed E-state index contributed by atoms with van der Waals surface area (Å²) in [6.07, 6.45) is 1.76. The van der Waals surface area contributed by atoms with Crippen molar-refractivity contribution in [3.8, 4) is 5.75 Å². The molecule has 1 fully saturated rings. The number of thioether (sulfide) groups is 1. The van der Waals surface area contributed by atoms with Crippen LogP contribution >= 0.6 is 24.0 Å². The number of ether oxygens (including phenoxy) is 1. The maximum atomic E-state index is 12.9. The zero-order valence-electron chi connectivity index (χ0n) is 16.1. The lowest BCUT2D eigenvalue weighted by Crippen LogP contribution is -2.27. The number of anilines is 1. The lowest BCUT2D eigenvalue weighted by molar-refractivity contribution is -0.384. The van der Waals surface area contributed by atoms with Crippen LogP contribution in [0.1, 0.15) is 11.1 Å². The van der Waals surface area contributed by atoms with E-state index in [1.807, 2.05) is 54.6 Å². The van der Waals surface area contributed by atoms with Crippen LogP contribution < -0.4 is 9.64 Å². The largest absolute Gasteiger partial charge is 0.489 e. The van der Waals surface area contributed by atoms with Gasteiger partial charge < -0.3 is 4.74 Å².